The van der Waals surface area contributed by atoms with Crippen LogP contribution in [-0.4, -0.2) is 24.5 Å². The smallest absolute Gasteiger partial charge is 0.0240 e. The van der Waals surface area contributed by atoms with Gasteiger partial charge in [-0.05, 0) is 31.5 Å². The zero-order chi connectivity index (χ0) is 10.7. The molecule has 0 saturated carbocycles. The van der Waals surface area contributed by atoms with Crippen LogP contribution in [0.1, 0.15) is 24.5 Å². The minimum Gasteiger partial charge on any atom is -0.317 e. The second kappa shape index (κ2) is 4.77. The van der Waals surface area contributed by atoms with Crippen molar-refractivity contribution in [2.24, 2.45) is 0 Å². The average Bonchev–Trinajstić information content (AvgIpc) is 2.68. The average molecular weight is 204 g/mol. The van der Waals surface area contributed by atoms with Crippen LogP contribution < -0.4 is 5.32 Å². The zero-order valence-corrected chi connectivity index (χ0v) is 9.66. The summed E-state index contributed by atoms with van der Waals surface area (Å²) < 4.78 is 0. The van der Waals surface area contributed by atoms with Crippen molar-refractivity contribution in [3.8, 4) is 0 Å². The van der Waals surface area contributed by atoms with Crippen molar-refractivity contribution in [2.45, 2.75) is 32.5 Å². The first-order chi connectivity index (χ1) is 7.29. The molecular weight excluding hydrogens is 184 g/mol. The first-order valence-electron chi connectivity index (χ1n) is 5.76. The highest BCUT2D eigenvalue weighted by Crippen LogP contribution is 2.22. The molecule has 15 heavy (non-hydrogen) atoms. The molecular formula is C13H20N2. The first kappa shape index (κ1) is 10.7. The molecule has 2 heteroatoms. The molecule has 1 aromatic rings. The van der Waals surface area contributed by atoms with E-state index in [0.717, 1.165) is 13.1 Å². The van der Waals surface area contributed by atoms with Crippen LogP contribution in [-0.2, 0) is 13.1 Å². The number of benzene rings is 1. The Bertz CT molecular complexity index is 297. The Morgan fingerprint density at radius 1 is 1.27 bits per heavy atom. The number of rotatable bonds is 4. The minimum absolute atomic E-state index is 0.619. The molecule has 1 unspecified atom stereocenters. The van der Waals surface area contributed by atoms with Crippen LogP contribution in [0, 0.1) is 0 Å². The van der Waals surface area contributed by atoms with Crippen LogP contribution >= 0.6 is 0 Å². The monoisotopic (exact) mass is 204 g/mol. The molecule has 1 heterocycles. The second-order valence-corrected chi connectivity index (χ2v) is 4.46. The summed E-state index contributed by atoms with van der Waals surface area (Å²) in [4.78, 5) is 2.53. The molecule has 1 N–H and O–H groups in total. The number of hydrogen-bond donors (Lipinski definition) is 1. The molecule has 1 atom stereocenters. The number of nitrogens with zero attached hydrogens (tertiary/aromatic N) is 1. The Hall–Kier alpha value is -0.860. The van der Waals surface area contributed by atoms with E-state index in [0.29, 0.717) is 6.04 Å². The van der Waals surface area contributed by atoms with E-state index in [4.69, 9.17) is 0 Å². The molecule has 1 aliphatic rings. The molecule has 0 saturated heterocycles. The highest BCUT2D eigenvalue weighted by molar-refractivity contribution is 5.30. The summed E-state index contributed by atoms with van der Waals surface area (Å²) >= 11 is 0. The Morgan fingerprint density at radius 2 is 1.87 bits per heavy atom. The fourth-order valence-electron chi connectivity index (χ4n) is 2.08. The quantitative estimate of drug-likeness (QED) is 0.807. The topological polar surface area (TPSA) is 15.3 Å². The molecule has 0 fully saturated rings. The lowest BCUT2D eigenvalue weighted by atomic mass is 10.1. The van der Waals surface area contributed by atoms with Crippen LogP contribution in [0.2, 0.25) is 0 Å². The van der Waals surface area contributed by atoms with Crippen LogP contribution in [0.15, 0.2) is 24.3 Å². The highest BCUT2D eigenvalue weighted by Gasteiger charge is 2.17. The number of hydrogen-bond acceptors (Lipinski definition) is 2. The summed E-state index contributed by atoms with van der Waals surface area (Å²) in [6.07, 6.45) is 1.23. The fraction of sp³-hybridized carbons (Fsp3) is 0.538. The maximum absolute atomic E-state index is 3.28. The maximum atomic E-state index is 3.28. The van der Waals surface area contributed by atoms with Crippen LogP contribution in [0.4, 0.5) is 0 Å². The molecule has 0 radical (unpaired) electrons. The van der Waals surface area contributed by atoms with Gasteiger partial charge >= 0.3 is 0 Å². The summed E-state index contributed by atoms with van der Waals surface area (Å²) in [5, 5.41) is 3.28. The molecule has 2 rings (SSSR count). The molecule has 1 aromatic carbocycles. The van der Waals surface area contributed by atoms with Crippen molar-refractivity contribution in [3.05, 3.63) is 35.4 Å². The van der Waals surface area contributed by atoms with E-state index in [1.54, 1.807) is 0 Å². The Labute approximate surface area is 92.3 Å². The fourth-order valence-corrected chi connectivity index (χ4v) is 2.08. The summed E-state index contributed by atoms with van der Waals surface area (Å²) in [6, 6.07) is 9.39. The van der Waals surface area contributed by atoms with Gasteiger partial charge in [-0.2, -0.15) is 0 Å². The maximum Gasteiger partial charge on any atom is 0.0240 e. The number of nitrogens with one attached hydrogen (secondary N) is 1. The highest BCUT2D eigenvalue weighted by atomic mass is 15.1. The van der Waals surface area contributed by atoms with E-state index in [1.165, 1.54) is 24.1 Å². The molecule has 0 spiro atoms. The van der Waals surface area contributed by atoms with Gasteiger partial charge in [-0.15, -0.1) is 0 Å². The van der Waals surface area contributed by atoms with Crippen molar-refractivity contribution in [2.75, 3.05) is 13.6 Å². The lowest BCUT2D eigenvalue weighted by Crippen LogP contribution is -2.27. The molecule has 0 aliphatic carbocycles. The molecule has 2 nitrogen and oxygen atoms in total. The molecule has 0 bridgehead atoms. The Kier molecular flexibility index (Phi) is 3.39. The third-order valence-electron chi connectivity index (χ3n) is 3.28. The normalized spacial score (nSPS) is 17.7. The van der Waals surface area contributed by atoms with E-state index in [2.05, 4.69) is 41.4 Å². The molecule has 82 valence electrons. The van der Waals surface area contributed by atoms with Crippen molar-refractivity contribution in [1.29, 1.82) is 0 Å². The summed E-state index contributed by atoms with van der Waals surface area (Å²) in [5.74, 6) is 0. The van der Waals surface area contributed by atoms with Crippen molar-refractivity contribution in [1.82, 2.24) is 10.2 Å². The van der Waals surface area contributed by atoms with Gasteiger partial charge in [-0.25, -0.2) is 0 Å². The van der Waals surface area contributed by atoms with Gasteiger partial charge < -0.3 is 5.32 Å². The lowest BCUT2D eigenvalue weighted by Gasteiger charge is -2.17. The molecule has 0 amide bonds. The minimum atomic E-state index is 0.619. The van der Waals surface area contributed by atoms with Crippen LogP contribution in [0.25, 0.3) is 0 Å². The van der Waals surface area contributed by atoms with Gasteiger partial charge in [0.2, 0.25) is 0 Å². The van der Waals surface area contributed by atoms with Crippen molar-refractivity contribution < 1.29 is 0 Å². The lowest BCUT2D eigenvalue weighted by molar-refractivity contribution is 0.269. The van der Waals surface area contributed by atoms with Gasteiger partial charge in [-0.1, -0.05) is 24.3 Å². The Balaban J connectivity index is 1.85. The van der Waals surface area contributed by atoms with E-state index in [9.17, 15) is 0 Å². The standard InChI is InChI=1S/C13H20N2/c1-11(14-2)7-8-15-9-12-5-3-4-6-13(12)10-15/h3-6,11,14H,7-10H2,1-2H3. The van der Waals surface area contributed by atoms with Gasteiger partial charge in [0.25, 0.3) is 0 Å². The van der Waals surface area contributed by atoms with Gasteiger partial charge in [0.15, 0.2) is 0 Å². The van der Waals surface area contributed by atoms with E-state index < -0.39 is 0 Å². The predicted octanol–water partition coefficient (Wildman–Crippen LogP) is 2.00. The predicted molar refractivity (Wildman–Crippen MR) is 63.7 cm³/mol. The summed E-state index contributed by atoms with van der Waals surface area (Å²) in [5.41, 5.74) is 3.02. The second-order valence-electron chi connectivity index (χ2n) is 4.46. The first-order valence-corrected chi connectivity index (χ1v) is 5.76. The van der Waals surface area contributed by atoms with Gasteiger partial charge in [0.05, 0.1) is 0 Å². The van der Waals surface area contributed by atoms with Crippen LogP contribution in [0.3, 0.4) is 0 Å². The van der Waals surface area contributed by atoms with E-state index in [1.807, 2.05) is 7.05 Å². The van der Waals surface area contributed by atoms with Gasteiger partial charge in [0, 0.05) is 25.7 Å². The third kappa shape index (κ3) is 2.58. The van der Waals surface area contributed by atoms with E-state index in [-0.39, 0.29) is 0 Å². The van der Waals surface area contributed by atoms with Crippen LogP contribution in [0.5, 0.6) is 0 Å². The summed E-state index contributed by atoms with van der Waals surface area (Å²) in [7, 11) is 2.03. The molecule has 0 aromatic heterocycles. The van der Waals surface area contributed by atoms with Gasteiger partial charge in [-0.3, -0.25) is 4.90 Å². The van der Waals surface area contributed by atoms with Crippen molar-refractivity contribution in [3.63, 3.8) is 0 Å². The number of fused-ring (bicyclic) bond motifs is 1. The molecule has 1 aliphatic heterocycles. The third-order valence-corrected chi connectivity index (χ3v) is 3.28. The summed E-state index contributed by atoms with van der Waals surface area (Å²) in [6.45, 7) is 5.69. The largest absolute Gasteiger partial charge is 0.317 e. The zero-order valence-electron chi connectivity index (χ0n) is 9.66. The van der Waals surface area contributed by atoms with Gasteiger partial charge in [0.1, 0.15) is 0 Å². The van der Waals surface area contributed by atoms with E-state index >= 15 is 0 Å². The SMILES string of the molecule is CNC(C)CCN1Cc2ccccc2C1. The Morgan fingerprint density at radius 3 is 2.40 bits per heavy atom. The van der Waals surface area contributed by atoms with Crippen molar-refractivity contribution >= 4 is 0 Å².